The van der Waals surface area contributed by atoms with Gasteiger partial charge in [-0.2, -0.15) is 0 Å². The van der Waals surface area contributed by atoms with Crippen LogP contribution in [0.1, 0.15) is 33.6 Å². The molecule has 1 rings (SSSR count). The first-order valence-corrected chi connectivity index (χ1v) is 4.79. The molecule has 0 bridgehead atoms. The third-order valence-electron chi connectivity index (χ3n) is 3.61. The molecule has 1 unspecified atom stereocenters. The SMILES string of the molecule is CC(O)[C@@H]1C[C@H](CCO)C1(C)C. The Kier molecular flexibility index (Phi) is 2.79. The Morgan fingerprint density at radius 2 is 2.08 bits per heavy atom. The fraction of sp³-hybridized carbons (Fsp3) is 1.00. The van der Waals surface area contributed by atoms with Crippen molar-refractivity contribution in [1.29, 1.82) is 0 Å². The summed E-state index contributed by atoms with van der Waals surface area (Å²) in [7, 11) is 0. The van der Waals surface area contributed by atoms with Gasteiger partial charge in [0.25, 0.3) is 0 Å². The fourth-order valence-corrected chi connectivity index (χ4v) is 2.52. The van der Waals surface area contributed by atoms with Crippen LogP contribution >= 0.6 is 0 Å². The number of hydrogen-bond acceptors (Lipinski definition) is 2. The number of aliphatic hydroxyl groups is 2. The summed E-state index contributed by atoms with van der Waals surface area (Å²) in [5, 5.41) is 18.2. The summed E-state index contributed by atoms with van der Waals surface area (Å²) in [6, 6.07) is 0. The van der Waals surface area contributed by atoms with Gasteiger partial charge in [0.1, 0.15) is 0 Å². The summed E-state index contributed by atoms with van der Waals surface area (Å²) in [4.78, 5) is 0. The number of hydrogen-bond donors (Lipinski definition) is 2. The normalized spacial score (nSPS) is 35.8. The number of aliphatic hydroxyl groups excluding tert-OH is 2. The smallest absolute Gasteiger partial charge is 0.0545 e. The van der Waals surface area contributed by atoms with Crippen molar-refractivity contribution in [1.82, 2.24) is 0 Å². The lowest BCUT2D eigenvalue weighted by Crippen LogP contribution is -2.49. The van der Waals surface area contributed by atoms with Crippen molar-refractivity contribution in [2.24, 2.45) is 17.3 Å². The minimum atomic E-state index is -0.199. The van der Waals surface area contributed by atoms with Crippen LogP contribution in [0.2, 0.25) is 0 Å². The van der Waals surface area contributed by atoms with Crippen molar-refractivity contribution >= 4 is 0 Å². The second-order valence-electron chi connectivity index (χ2n) is 4.61. The quantitative estimate of drug-likeness (QED) is 0.675. The monoisotopic (exact) mass is 172 g/mol. The Balaban J connectivity index is 2.48. The summed E-state index contributed by atoms with van der Waals surface area (Å²) < 4.78 is 0. The van der Waals surface area contributed by atoms with E-state index >= 15 is 0 Å². The molecule has 72 valence electrons. The largest absolute Gasteiger partial charge is 0.396 e. The van der Waals surface area contributed by atoms with Gasteiger partial charge in [-0.25, -0.2) is 0 Å². The Morgan fingerprint density at radius 1 is 1.50 bits per heavy atom. The van der Waals surface area contributed by atoms with Gasteiger partial charge in [0.2, 0.25) is 0 Å². The van der Waals surface area contributed by atoms with Crippen LogP contribution in [0.5, 0.6) is 0 Å². The van der Waals surface area contributed by atoms with E-state index in [1.54, 1.807) is 0 Å². The van der Waals surface area contributed by atoms with Crippen LogP contribution in [-0.4, -0.2) is 22.9 Å². The minimum Gasteiger partial charge on any atom is -0.396 e. The van der Waals surface area contributed by atoms with Gasteiger partial charge in [0.05, 0.1) is 6.10 Å². The zero-order chi connectivity index (χ0) is 9.35. The predicted molar refractivity (Wildman–Crippen MR) is 48.8 cm³/mol. The van der Waals surface area contributed by atoms with E-state index < -0.39 is 0 Å². The Morgan fingerprint density at radius 3 is 2.42 bits per heavy atom. The third-order valence-corrected chi connectivity index (χ3v) is 3.61. The lowest BCUT2D eigenvalue weighted by molar-refractivity contribution is -0.0946. The second-order valence-corrected chi connectivity index (χ2v) is 4.61. The maximum absolute atomic E-state index is 9.43. The van der Waals surface area contributed by atoms with Gasteiger partial charge in [-0.15, -0.1) is 0 Å². The zero-order valence-corrected chi connectivity index (χ0v) is 8.25. The molecule has 1 fully saturated rings. The van der Waals surface area contributed by atoms with Crippen LogP contribution in [-0.2, 0) is 0 Å². The highest BCUT2D eigenvalue weighted by atomic mass is 16.3. The average molecular weight is 172 g/mol. The molecule has 0 aromatic rings. The van der Waals surface area contributed by atoms with E-state index in [0.29, 0.717) is 11.8 Å². The van der Waals surface area contributed by atoms with Crippen LogP contribution < -0.4 is 0 Å². The van der Waals surface area contributed by atoms with Crippen molar-refractivity contribution in [2.75, 3.05) is 6.61 Å². The average Bonchev–Trinajstić information content (AvgIpc) is 1.96. The summed E-state index contributed by atoms with van der Waals surface area (Å²) in [6.07, 6.45) is 1.76. The number of rotatable bonds is 3. The summed E-state index contributed by atoms with van der Waals surface area (Å²) in [6.45, 7) is 6.52. The first-order valence-electron chi connectivity index (χ1n) is 4.79. The molecule has 12 heavy (non-hydrogen) atoms. The molecular formula is C10H20O2. The Labute approximate surface area is 74.6 Å². The molecule has 0 saturated heterocycles. The van der Waals surface area contributed by atoms with Gasteiger partial charge in [0.15, 0.2) is 0 Å². The van der Waals surface area contributed by atoms with Crippen molar-refractivity contribution in [2.45, 2.75) is 39.7 Å². The summed E-state index contributed by atoms with van der Waals surface area (Å²) in [5.74, 6) is 1.02. The molecule has 1 aliphatic rings. The Bertz CT molecular complexity index is 152. The molecular weight excluding hydrogens is 152 g/mol. The van der Waals surface area contributed by atoms with Gasteiger partial charge in [-0.05, 0) is 37.0 Å². The molecule has 0 aromatic carbocycles. The topological polar surface area (TPSA) is 40.5 Å². The summed E-state index contributed by atoms with van der Waals surface area (Å²) >= 11 is 0. The molecule has 0 aliphatic heterocycles. The van der Waals surface area contributed by atoms with Gasteiger partial charge >= 0.3 is 0 Å². The van der Waals surface area contributed by atoms with E-state index in [9.17, 15) is 5.11 Å². The molecule has 2 heteroatoms. The summed E-state index contributed by atoms with van der Waals surface area (Å²) in [5.41, 5.74) is 0.219. The van der Waals surface area contributed by atoms with E-state index in [2.05, 4.69) is 13.8 Å². The molecule has 0 radical (unpaired) electrons. The van der Waals surface area contributed by atoms with E-state index in [1.165, 1.54) is 0 Å². The van der Waals surface area contributed by atoms with E-state index in [1.807, 2.05) is 6.92 Å². The van der Waals surface area contributed by atoms with Crippen molar-refractivity contribution in [3.05, 3.63) is 0 Å². The maximum atomic E-state index is 9.43. The molecule has 1 aliphatic carbocycles. The van der Waals surface area contributed by atoms with Gasteiger partial charge in [-0.1, -0.05) is 13.8 Å². The lowest BCUT2D eigenvalue weighted by Gasteiger charge is -2.53. The molecule has 0 aromatic heterocycles. The highest BCUT2D eigenvalue weighted by Gasteiger charge is 2.49. The van der Waals surface area contributed by atoms with E-state index in [4.69, 9.17) is 5.11 Å². The molecule has 2 nitrogen and oxygen atoms in total. The van der Waals surface area contributed by atoms with Crippen molar-refractivity contribution < 1.29 is 10.2 Å². The van der Waals surface area contributed by atoms with Gasteiger partial charge in [-0.3, -0.25) is 0 Å². The molecule has 0 heterocycles. The predicted octanol–water partition coefficient (Wildman–Crippen LogP) is 1.41. The van der Waals surface area contributed by atoms with Crippen LogP contribution in [0.4, 0.5) is 0 Å². The van der Waals surface area contributed by atoms with E-state index in [0.717, 1.165) is 12.8 Å². The maximum Gasteiger partial charge on any atom is 0.0545 e. The van der Waals surface area contributed by atoms with Crippen molar-refractivity contribution in [3.63, 3.8) is 0 Å². The van der Waals surface area contributed by atoms with Gasteiger partial charge in [0, 0.05) is 6.61 Å². The van der Waals surface area contributed by atoms with E-state index in [-0.39, 0.29) is 18.1 Å². The van der Waals surface area contributed by atoms with Crippen LogP contribution in [0.25, 0.3) is 0 Å². The fourth-order valence-electron chi connectivity index (χ4n) is 2.52. The standard InChI is InChI=1S/C10H20O2/c1-7(12)9-6-8(4-5-11)10(9,2)3/h7-9,11-12H,4-6H2,1-3H3/t7?,8-,9-/m0/s1. The second kappa shape index (κ2) is 3.35. The first-order chi connectivity index (χ1) is 5.50. The highest BCUT2D eigenvalue weighted by Crippen LogP contribution is 2.54. The molecule has 1 saturated carbocycles. The van der Waals surface area contributed by atoms with Gasteiger partial charge < -0.3 is 10.2 Å². The first kappa shape index (κ1) is 10.0. The third kappa shape index (κ3) is 1.50. The molecule has 0 amide bonds. The highest BCUT2D eigenvalue weighted by molar-refractivity contribution is 4.98. The zero-order valence-electron chi connectivity index (χ0n) is 8.25. The lowest BCUT2D eigenvalue weighted by atomic mass is 9.52. The van der Waals surface area contributed by atoms with Crippen LogP contribution in [0.3, 0.4) is 0 Å². The van der Waals surface area contributed by atoms with Crippen LogP contribution in [0.15, 0.2) is 0 Å². The molecule has 2 N–H and O–H groups in total. The Hall–Kier alpha value is -0.0800. The molecule has 3 atom stereocenters. The van der Waals surface area contributed by atoms with Crippen molar-refractivity contribution in [3.8, 4) is 0 Å². The van der Waals surface area contributed by atoms with Crippen LogP contribution in [0, 0.1) is 17.3 Å². The molecule has 0 spiro atoms. The minimum absolute atomic E-state index is 0.199.